The molecule has 0 unspecified atom stereocenters. The van der Waals surface area contributed by atoms with Gasteiger partial charge in [0.25, 0.3) is 0 Å². The van der Waals surface area contributed by atoms with Gasteiger partial charge in [0, 0.05) is 13.1 Å². The number of aliphatic hydroxyl groups excluding tert-OH is 2. The predicted octanol–water partition coefficient (Wildman–Crippen LogP) is -0.177. The Hall–Kier alpha value is -1.20. The van der Waals surface area contributed by atoms with Crippen LogP contribution in [-0.4, -0.2) is 41.5 Å². The molecule has 0 aliphatic rings. The summed E-state index contributed by atoms with van der Waals surface area (Å²) in [6.45, 7) is 1.27. The van der Waals surface area contributed by atoms with Crippen LogP contribution < -0.4 is 10.6 Å². The maximum atomic E-state index is 8.55. The number of hydrogen-bond acceptors (Lipinski definition) is 4. The molecule has 0 saturated carbocycles. The minimum absolute atomic E-state index is 0.110. The molecule has 0 aromatic carbocycles. The second-order valence-electron chi connectivity index (χ2n) is 2.59. The van der Waals surface area contributed by atoms with E-state index in [9.17, 15) is 0 Å². The lowest BCUT2D eigenvalue weighted by molar-refractivity contribution is 0.311. The number of hydrogen-bond donors (Lipinski definition) is 5. The molecule has 0 saturated heterocycles. The number of anilines is 2. The van der Waals surface area contributed by atoms with Crippen LogP contribution in [0, 0.1) is 0 Å². The zero-order valence-corrected chi connectivity index (χ0v) is 7.38. The van der Waals surface area contributed by atoms with Crippen molar-refractivity contribution in [1.29, 1.82) is 0 Å². The van der Waals surface area contributed by atoms with E-state index in [1.54, 1.807) is 0 Å². The summed E-state index contributed by atoms with van der Waals surface area (Å²) >= 11 is 0. The van der Waals surface area contributed by atoms with Gasteiger partial charge < -0.3 is 25.8 Å². The molecule has 1 aromatic heterocycles. The molecule has 0 radical (unpaired) electrons. The highest BCUT2D eigenvalue weighted by Crippen LogP contribution is 2.10. The highest BCUT2D eigenvalue weighted by Gasteiger charge is 1.95. The first-order valence-electron chi connectivity index (χ1n) is 4.25. The summed E-state index contributed by atoms with van der Waals surface area (Å²) in [5, 5.41) is 23.1. The molecule has 1 rings (SSSR count). The van der Waals surface area contributed by atoms with Crippen LogP contribution in [0.25, 0.3) is 0 Å². The van der Waals surface area contributed by atoms with E-state index < -0.39 is 0 Å². The third-order valence-corrected chi connectivity index (χ3v) is 1.54. The number of aliphatic hydroxyl groups is 2. The summed E-state index contributed by atoms with van der Waals surface area (Å²) in [7, 11) is 0. The molecule has 74 valence electrons. The molecule has 0 fully saturated rings. The molecule has 0 atom stereocenters. The summed E-state index contributed by atoms with van der Waals surface area (Å²) in [5.41, 5.74) is 0. The van der Waals surface area contributed by atoms with Gasteiger partial charge in [-0.05, 0) is 12.1 Å². The summed E-state index contributed by atoms with van der Waals surface area (Å²) in [6.07, 6.45) is 0. The zero-order valence-electron chi connectivity index (χ0n) is 7.38. The minimum atomic E-state index is 0.110. The second kappa shape index (κ2) is 5.45. The largest absolute Gasteiger partial charge is 0.395 e. The van der Waals surface area contributed by atoms with Crippen LogP contribution in [-0.2, 0) is 0 Å². The van der Waals surface area contributed by atoms with Crippen LogP contribution in [0.4, 0.5) is 11.6 Å². The Morgan fingerprint density at radius 2 is 1.46 bits per heavy atom. The molecule has 5 N–H and O–H groups in total. The van der Waals surface area contributed by atoms with E-state index in [2.05, 4.69) is 15.6 Å². The second-order valence-corrected chi connectivity index (χ2v) is 2.59. The monoisotopic (exact) mass is 185 g/mol. The Labute approximate surface area is 76.8 Å². The summed E-state index contributed by atoms with van der Waals surface area (Å²) in [5.74, 6) is 1.71. The van der Waals surface area contributed by atoms with Gasteiger partial charge in [-0.2, -0.15) is 0 Å². The molecule has 0 bridgehead atoms. The van der Waals surface area contributed by atoms with Gasteiger partial charge in [0.05, 0.1) is 13.2 Å². The maximum absolute atomic E-state index is 8.55. The van der Waals surface area contributed by atoms with Crippen molar-refractivity contribution in [2.24, 2.45) is 0 Å². The Bertz CT molecular complexity index is 215. The van der Waals surface area contributed by atoms with Crippen molar-refractivity contribution < 1.29 is 10.2 Å². The topological polar surface area (TPSA) is 80.3 Å². The van der Waals surface area contributed by atoms with Crippen molar-refractivity contribution in [3.8, 4) is 0 Å². The van der Waals surface area contributed by atoms with E-state index in [4.69, 9.17) is 10.2 Å². The van der Waals surface area contributed by atoms with Crippen LogP contribution in [0.3, 0.4) is 0 Å². The molecule has 0 amide bonds. The average Bonchev–Trinajstić information content (AvgIpc) is 2.59. The van der Waals surface area contributed by atoms with Gasteiger partial charge in [-0.1, -0.05) is 0 Å². The standard InChI is InChI=1S/C8H15N3O2/c12-5-3-9-7-1-2-8(11-7)10-4-6-13/h1-2,9-13H,3-6H2. The van der Waals surface area contributed by atoms with Crippen molar-refractivity contribution in [2.45, 2.75) is 0 Å². The number of aromatic amines is 1. The zero-order chi connectivity index (χ0) is 9.52. The van der Waals surface area contributed by atoms with E-state index in [-0.39, 0.29) is 13.2 Å². The third kappa shape index (κ3) is 3.35. The normalized spacial score (nSPS) is 10.0. The van der Waals surface area contributed by atoms with Crippen molar-refractivity contribution in [3.63, 3.8) is 0 Å². The Morgan fingerprint density at radius 3 is 1.85 bits per heavy atom. The van der Waals surface area contributed by atoms with Gasteiger partial charge in [-0.15, -0.1) is 0 Å². The molecule has 0 aliphatic carbocycles. The minimum Gasteiger partial charge on any atom is -0.395 e. The van der Waals surface area contributed by atoms with Crippen LogP contribution in [0.1, 0.15) is 0 Å². The van der Waals surface area contributed by atoms with Crippen molar-refractivity contribution >= 4 is 11.6 Å². The lowest BCUT2D eigenvalue weighted by Gasteiger charge is -2.01. The van der Waals surface area contributed by atoms with Gasteiger partial charge in [-0.25, -0.2) is 0 Å². The van der Waals surface area contributed by atoms with Crippen LogP contribution in [0.15, 0.2) is 12.1 Å². The SMILES string of the molecule is OCCNc1ccc(NCCO)[nH]1. The van der Waals surface area contributed by atoms with E-state index in [1.807, 2.05) is 12.1 Å². The number of aromatic nitrogens is 1. The lowest BCUT2D eigenvalue weighted by Crippen LogP contribution is -2.07. The fraction of sp³-hybridized carbons (Fsp3) is 0.500. The van der Waals surface area contributed by atoms with Crippen molar-refractivity contribution in [1.82, 2.24) is 4.98 Å². The molecule has 13 heavy (non-hydrogen) atoms. The quantitative estimate of drug-likeness (QED) is 0.426. The van der Waals surface area contributed by atoms with Gasteiger partial charge >= 0.3 is 0 Å². The van der Waals surface area contributed by atoms with Gasteiger partial charge in [0.1, 0.15) is 11.6 Å². The molecule has 0 aliphatic heterocycles. The number of H-pyrrole nitrogens is 1. The molecule has 5 nitrogen and oxygen atoms in total. The predicted molar refractivity (Wildman–Crippen MR) is 51.9 cm³/mol. The van der Waals surface area contributed by atoms with Crippen molar-refractivity contribution in [2.75, 3.05) is 36.9 Å². The fourth-order valence-corrected chi connectivity index (χ4v) is 0.982. The van der Waals surface area contributed by atoms with E-state index >= 15 is 0 Å². The van der Waals surface area contributed by atoms with Gasteiger partial charge in [-0.3, -0.25) is 0 Å². The Kier molecular flexibility index (Phi) is 4.14. The highest BCUT2D eigenvalue weighted by molar-refractivity contribution is 5.48. The third-order valence-electron chi connectivity index (χ3n) is 1.54. The fourth-order valence-electron chi connectivity index (χ4n) is 0.982. The van der Waals surface area contributed by atoms with E-state index in [1.165, 1.54) is 0 Å². The lowest BCUT2D eigenvalue weighted by atomic mass is 10.5. The average molecular weight is 185 g/mol. The summed E-state index contributed by atoms with van der Waals surface area (Å²) < 4.78 is 0. The highest BCUT2D eigenvalue weighted by atomic mass is 16.3. The smallest absolute Gasteiger partial charge is 0.104 e. The van der Waals surface area contributed by atoms with Gasteiger partial charge in [0.15, 0.2) is 0 Å². The molecular formula is C8H15N3O2. The van der Waals surface area contributed by atoms with Crippen molar-refractivity contribution in [3.05, 3.63) is 12.1 Å². The van der Waals surface area contributed by atoms with Crippen LogP contribution >= 0.6 is 0 Å². The molecule has 5 heteroatoms. The molecular weight excluding hydrogens is 170 g/mol. The summed E-state index contributed by atoms with van der Waals surface area (Å²) in [6, 6.07) is 3.74. The number of rotatable bonds is 6. The molecule has 1 heterocycles. The van der Waals surface area contributed by atoms with Crippen LogP contribution in [0.5, 0.6) is 0 Å². The molecule has 0 spiro atoms. The maximum Gasteiger partial charge on any atom is 0.104 e. The summed E-state index contributed by atoms with van der Waals surface area (Å²) in [4.78, 5) is 3.04. The molecule has 1 aromatic rings. The van der Waals surface area contributed by atoms with Crippen LogP contribution in [0.2, 0.25) is 0 Å². The Balaban J connectivity index is 2.34. The van der Waals surface area contributed by atoms with E-state index in [0.29, 0.717) is 13.1 Å². The Morgan fingerprint density at radius 1 is 1.00 bits per heavy atom. The first-order valence-corrected chi connectivity index (χ1v) is 4.25. The van der Waals surface area contributed by atoms with E-state index in [0.717, 1.165) is 11.6 Å². The first-order chi connectivity index (χ1) is 6.36. The van der Waals surface area contributed by atoms with Gasteiger partial charge in [0.2, 0.25) is 0 Å². The first kappa shape index (κ1) is 9.88. The number of nitrogens with one attached hydrogen (secondary N) is 3.